The maximum absolute atomic E-state index is 5.86. The van der Waals surface area contributed by atoms with Crippen LogP contribution in [0.2, 0.25) is 0 Å². The van der Waals surface area contributed by atoms with E-state index >= 15 is 0 Å². The maximum Gasteiger partial charge on any atom is 0.0199 e. The van der Waals surface area contributed by atoms with Crippen molar-refractivity contribution in [2.24, 2.45) is 5.73 Å². The molecule has 0 spiro atoms. The number of hydrogen-bond donors (Lipinski definition) is 1. The van der Waals surface area contributed by atoms with Gasteiger partial charge < -0.3 is 5.73 Å². The summed E-state index contributed by atoms with van der Waals surface area (Å²) in [7, 11) is 0. The molecular weight excluding hydrogens is 366 g/mol. The largest absolute Gasteiger partial charge is 0.330 e. The monoisotopic (exact) mass is 379 g/mol. The summed E-state index contributed by atoms with van der Waals surface area (Å²) in [5.74, 6) is 0. The van der Waals surface area contributed by atoms with E-state index in [4.69, 9.17) is 5.73 Å². The molecule has 3 heteroatoms. The van der Waals surface area contributed by atoms with Crippen molar-refractivity contribution in [3.63, 3.8) is 0 Å². The Balaban J connectivity index is 2.32. The molecule has 0 radical (unpaired) electrons. The second kappa shape index (κ2) is 4.72. The first-order valence-corrected chi connectivity index (χ1v) is 7.95. The van der Waals surface area contributed by atoms with E-state index in [-0.39, 0.29) is 5.41 Å². The number of hydrogen-bond acceptors (Lipinski definition) is 1. The first-order chi connectivity index (χ1) is 9.06. The maximum atomic E-state index is 5.86. The number of benzene rings is 2. The van der Waals surface area contributed by atoms with Crippen LogP contribution in [0.15, 0.2) is 45.3 Å². The fourth-order valence-electron chi connectivity index (χ4n) is 3.12. The molecule has 2 aromatic rings. The Bertz CT molecular complexity index is 598. The molecule has 0 saturated carbocycles. The molecule has 19 heavy (non-hydrogen) atoms. The van der Waals surface area contributed by atoms with E-state index in [1.807, 2.05) is 0 Å². The zero-order valence-corrected chi connectivity index (χ0v) is 13.9. The van der Waals surface area contributed by atoms with Crippen molar-refractivity contribution >= 4 is 31.9 Å². The predicted molar refractivity (Wildman–Crippen MR) is 87.4 cm³/mol. The van der Waals surface area contributed by atoms with Crippen molar-refractivity contribution in [1.29, 1.82) is 0 Å². The highest BCUT2D eigenvalue weighted by Gasteiger charge is 2.38. The third-order valence-electron chi connectivity index (χ3n) is 4.09. The standard InChI is InChI=1S/C16H15Br2N/c1-16(6-7-19)14-8-10(17)2-4-12(14)13-5-3-11(18)9-15(13)16/h2-5,8-9H,6-7,19H2,1H3. The van der Waals surface area contributed by atoms with Crippen LogP contribution in [-0.2, 0) is 5.41 Å². The molecule has 98 valence electrons. The number of nitrogens with two attached hydrogens (primary N) is 1. The Labute approximate surface area is 130 Å². The number of halogens is 2. The van der Waals surface area contributed by atoms with Crippen molar-refractivity contribution < 1.29 is 0 Å². The van der Waals surface area contributed by atoms with Gasteiger partial charge in [0.1, 0.15) is 0 Å². The molecule has 1 aliphatic carbocycles. The van der Waals surface area contributed by atoms with Crippen LogP contribution in [0.3, 0.4) is 0 Å². The molecule has 0 unspecified atom stereocenters. The van der Waals surface area contributed by atoms with Crippen molar-refractivity contribution in [3.05, 3.63) is 56.5 Å². The molecule has 0 atom stereocenters. The molecule has 0 bridgehead atoms. The Morgan fingerprint density at radius 3 is 1.84 bits per heavy atom. The summed E-state index contributed by atoms with van der Waals surface area (Å²) in [5, 5.41) is 0. The first kappa shape index (κ1) is 13.3. The van der Waals surface area contributed by atoms with Crippen LogP contribution in [0.4, 0.5) is 0 Å². The molecular formula is C16H15Br2N. The molecule has 0 saturated heterocycles. The van der Waals surface area contributed by atoms with Crippen molar-refractivity contribution in [2.45, 2.75) is 18.8 Å². The van der Waals surface area contributed by atoms with Crippen molar-refractivity contribution in [2.75, 3.05) is 6.54 Å². The molecule has 1 nitrogen and oxygen atoms in total. The average Bonchev–Trinajstić information content (AvgIpc) is 2.60. The van der Waals surface area contributed by atoms with E-state index < -0.39 is 0 Å². The van der Waals surface area contributed by atoms with E-state index in [1.165, 1.54) is 22.3 Å². The highest BCUT2D eigenvalue weighted by atomic mass is 79.9. The summed E-state index contributed by atoms with van der Waals surface area (Å²) in [6.45, 7) is 2.98. The van der Waals surface area contributed by atoms with Crippen LogP contribution in [-0.4, -0.2) is 6.54 Å². The van der Waals surface area contributed by atoms with Gasteiger partial charge in [0.15, 0.2) is 0 Å². The summed E-state index contributed by atoms with van der Waals surface area (Å²) in [4.78, 5) is 0. The van der Waals surface area contributed by atoms with E-state index in [0.29, 0.717) is 6.54 Å². The Morgan fingerprint density at radius 2 is 1.42 bits per heavy atom. The molecule has 0 aromatic heterocycles. The van der Waals surface area contributed by atoms with Gasteiger partial charge >= 0.3 is 0 Å². The smallest absolute Gasteiger partial charge is 0.0199 e. The molecule has 0 fully saturated rings. The zero-order valence-electron chi connectivity index (χ0n) is 10.7. The predicted octanol–water partition coefficient (Wildman–Crippen LogP) is 4.85. The van der Waals surface area contributed by atoms with Crippen LogP contribution in [0.5, 0.6) is 0 Å². The Hall–Kier alpha value is -0.640. The lowest BCUT2D eigenvalue weighted by atomic mass is 9.77. The van der Waals surface area contributed by atoms with Gasteiger partial charge in [-0.3, -0.25) is 0 Å². The summed E-state index contributed by atoms with van der Waals surface area (Å²) in [6, 6.07) is 13.1. The minimum absolute atomic E-state index is 0.00692. The molecule has 1 aliphatic rings. The zero-order chi connectivity index (χ0) is 13.6. The van der Waals surface area contributed by atoms with E-state index in [2.05, 4.69) is 75.2 Å². The minimum atomic E-state index is 0.00692. The van der Waals surface area contributed by atoms with Crippen molar-refractivity contribution in [3.8, 4) is 11.1 Å². The number of fused-ring (bicyclic) bond motifs is 3. The van der Waals surface area contributed by atoms with E-state index in [0.717, 1.165) is 15.4 Å². The van der Waals surface area contributed by atoms with Gasteiger partial charge in [0.2, 0.25) is 0 Å². The lowest BCUT2D eigenvalue weighted by Gasteiger charge is -2.27. The minimum Gasteiger partial charge on any atom is -0.330 e. The van der Waals surface area contributed by atoms with Gasteiger partial charge in [-0.05, 0) is 59.5 Å². The van der Waals surface area contributed by atoms with Gasteiger partial charge in [0.05, 0.1) is 0 Å². The van der Waals surface area contributed by atoms with E-state index in [1.54, 1.807) is 0 Å². The topological polar surface area (TPSA) is 26.0 Å². The van der Waals surface area contributed by atoms with Gasteiger partial charge in [0, 0.05) is 14.4 Å². The summed E-state index contributed by atoms with van der Waals surface area (Å²) < 4.78 is 2.25. The van der Waals surface area contributed by atoms with Crippen molar-refractivity contribution in [1.82, 2.24) is 0 Å². The van der Waals surface area contributed by atoms with Gasteiger partial charge in [0.25, 0.3) is 0 Å². The van der Waals surface area contributed by atoms with Gasteiger partial charge in [-0.1, -0.05) is 50.9 Å². The molecule has 0 aliphatic heterocycles. The molecule has 3 rings (SSSR count). The molecule has 2 N–H and O–H groups in total. The highest BCUT2D eigenvalue weighted by Crippen LogP contribution is 2.51. The lowest BCUT2D eigenvalue weighted by molar-refractivity contribution is 0.540. The van der Waals surface area contributed by atoms with Crippen LogP contribution in [0, 0.1) is 0 Å². The van der Waals surface area contributed by atoms with Crippen LogP contribution >= 0.6 is 31.9 Å². The van der Waals surface area contributed by atoms with E-state index in [9.17, 15) is 0 Å². The Kier molecular flexibility index (Phi) is 3.32. The third-order valence-corrected chi connectivity index (χ3v) is 5.07. The number of rotatable bonds is 2. The van der Waals surface area contributed by atoms with Gasteiger partial charge in [-0.15, -0.1) is 0 Å². The second-order valence-corrected chi connectivity index (χ2v) is 7.08. The quantitative estimate of drug-likeness (QED) is 0.791. The third kappa shape index (κ3) is 1.99. The normalized spacial score (nSPS) is 15.2. The van der Waals surface area contributed by atoms with Crippen LogP contribution < -0.4 is 5.73 Å². The first-order valence-electron chi connectivity index (χ1n) is 6.37. The van der Waals surface area contributed by atoms with Gasteiger partial charge in [-0.2, -0.15) is 0 Å². The molecule has 0 amide bonds. The van der Waals surface area contributed by atoms with Crippen LogP contribution in [0.25, 0.3) is 11.1 Å². The second-order valence-electron chi connectivity index (χ2n) is 5.25. The molecule has 0 heterocycles. The Morgan fingerprint density at radius 1 is 0.947 bits per heavy atom. The fraction of sp³-hybridized carbons (Fsp3) is 0.250. The average molecular weight is 381 g/mol. The molecule has 2 aromatic carbocycles. The summed E-state index contributed by atoms with van der Waals surface area (Å²) >= 11 is 7.17. The van der Waals surface area contributed by atoms with Gasteiger partial charge in [-0.25, -0.2) is 0 Å². The summed E-state index contributed by atoms with van der Waals surface area (Å²) in [6.07, 6.45) is 0.958. The lowest BCUT2D eigenvalue weighted by Crippen LogP contribution is -2.24. The van der Waals surface area contributed by atoms with Crippen LogP contribution in [0.1, 0.15) is 24.5 Å². The SMILES string of the molecule is CC1(CCN)c2cc(Br)ccc2-c2ccc(Br)cc21. The summed E-state index contributed by atoms with van der Waals surface area (Å²) in [5.41, 5.74) is 11.3. The highest BCUT2D eigenvalue weighted by molar-refractivity contribution is 9.10. The fourth-order valence-corrected chi connectivity index (χ4v) is 3.84.